The van der Waals surface area contributed by atoms with Gasteiger partial charge in [0.05, 0.1) is 18.0 Å². The minimum Gasteiger partial charge on any atom is -0.496 e. The van der Waals surface area contributed by atoms with Gasteiger partial charge in [0.15, 0.2) is 0 Å². The van der Waals surface area contributed by atoms with Crippen LogP contribution < -0.4 is 10.1 Å². The van der Waals surface area contributed by atoms with Crippen LogP contribution in [0.3, 0.4) is 0 Å². The summed E-state index contributed by atoms with van der Waals surface area (Å²) in [6.45, 7) is 2.86. The quantitative estimate of drug-likeness (QED) is 0.820. The molecule has 4 heteroatoms. The molecule has 0 saturated carbocycles. The number of benzene rings is 1. The van der Waals surface area contributed by atoms with Gasteiger partial charge in [-0.15, -0.1) is 0 Å². The predicted molar refractivity (Wildman–Crippen MR) is 72.3 cm³/mol. The summed E-state index contributed by atoms with van der Waals surface area (Å²) in [5.74, 6) is 0.843. The van der Waals surface area contributed by atoms with Gasteiger partial charge in [-0.2, -0.15) is 0 Å². The highest BCUT2D eigenvalue weighted by Crippen LogP contribution is 2.25. The Bertz CT molecular complexity index is 380. The maximum atomic E-state index is 11.6. The summed E-state index contributed by atoms with van der Waals surface area (Å²) < 4.78 is 6.01. The molecule has 1 amide bonds. The Balaban J connectivity index is 2.51. The van der Waals surface area contributed by atoms with Gasteiger partial charge in [0.25, 0.3) is 0 Å². The summed E-state index contributed by atoms with van der Waals surface area (Å²) in [6, 6.07) is 5.68. The van der Waals surface area contributed by atoms with E-state index in [9.17, 15) is 4.79 Å². The van der Waals surface area contributed by atoms with Crippen LogP contribution in [-0.4, -0.2) is 19.6 Å². The van der Waals surface area contributed by atoms with Crippen molar-refractivity contribution < 1.29 is 9.53 Å². The molecule has 0 unspecified atom stereocenters. The monoisotopic (exact) mass is 299 g/mol. The van der Waals surface area contributed by atoms with Gasteiger partial charge in [-0.3, -0.25) is 4.79 Å². The Kier molecular flexibility index (Phi) is 6.05. The average Bonchev–Trinajstić information content (AvgIpc) is 2.29. The minimum absolute atomic E-state index is 0.0653. The van der Waals surface area contributed by atoms with E-state index in [1.165, 1.54) is 0 Å². The second-order valence-electron chi connectivity index (χ2n) is 3.85. The highest BCUT2D eigenvalue weighted by Gasteiger charge is 2.05. The van der Waals surface area contributed by atoms with Crippen LogP contribution in [0.1, 0.15) is 25.3 Å². The molecule has 1 rings (SSSR count). The van der Waals surface area contributed by atoms with Gasteiger partial charge in [0.1, 0.15) is 5.75 Å². The number of ether oxygens (including phenoxy) is 1. The van der Waals surface area contributed by atoms with Crippen LogP contribution in [0.4, 0.5) is 0 Å². The van der Waals surface area contributed by atoms with Crippen molar-refractivity contribution in [2.45, 2.75) is 26.2 Å². The number of hydrogen-bond donors (Lipinski definition) is 1. The molecule has 0 aliphatic rings. The number of nitrogens with one attached hydrogen (secondary N) is 1. The van der Waals surface area contributed by atoms with Crippen molar-refractivity contribution in [2.75, 3.05) is 13.7 Å². The number of hydrogen-bond acceptors (Lipinski definition) is 2. The van der Waals surface area contributed by atoms with E-state index < -0.39 is 0 Å². The summed E-state index contributed by atoms with van der Waals surface area (Å²) in [5, 5.41) is 2.89. The van der Waals surface area contributed by atoms with Crippen LogP contribution in [0.5, 0.6) is 5.75 Å². The molecule has 0 aliphatic heterocycles. The number of rotatable bonds is 6. The largest absolute Gasteiger partial charge is 0.496 e. The Morgan fingerprint density at radius 1 is 1.47 bits per heavy atom. The van der Waals surface area contributed by atoms with Crippen LogP contribution in [0.15, 0.2) is 22.7 Å². The first kappa shape index (κ1) is 14.0. The van der Waals surface area contributed by atoms with E-state index in [-0.39, 0.29) is 5.91 Å². The van der Waals surface area contributed by atoms with Crippen molar-refractivity contribution >= 4 is 21.8 Å². The molecule has 0 fully saturated rings. The lowest BCUT2D eigenvalue weighted by Crippen LogP contribution is -2.25. The zero-order chi connectivity index (χ0) is 12.7. The highest BCUT2D eigenvalue weighted by atomic mass is 79.9. The highest BCUT2D eigenvalue weighted by molar-refractivity contribution is 9.10. The fraction of sp³-hybridized carbons (Fsp3) is 0.462. The molecule has 0 radical (unpaired) electrons. The molecule has 0 heterocycles. The van der Waals surface area contributed by atoms with Crippen molar-refractivity contribution in [3.05, 3.63) is 28.2 Å². The molecular weight excluding hydrogens is 282 g/mol. The third kappa shape index (κ3) is 4.77. The summed E-state index contributed by atoms with van der Waals surface area (Å²) >= 11 is 3.40. The summed E-state index contributed by atoms with van der Waals surface area (Å²) in [7, 11) is 1.62. The first-order valence-corrected chi connectivity index (χ1v) is 6.55. The molecule has 0 saturated heterocycles. The van der Waals surface area contributed by atoms with Crippen LogP contribution >= 0.6 is 15.9 Å². The zero-order valence-corrected chi connectivity index (χ0v) is 11.8. The van der Waals surface area contributed by atoms with Crippen LogP contribution in [0.2, 0.25) is 0 Å². The standard InChI is InChI=1S/C13H18BrNO2/c1-3-4-7-15-13(16)9-10-5-6-12(17-2)11(14)8-10/h5-6,8H,3-4,7,9H2,1-2H3,(H,15,16). The van der Waals surface area contributed by atoms with E-state index in [0.29, 0.717) is 6.42 Å². The Hall–Kier alpha value is -1.03. The number of unbranched alkanes of at least 4 members (excludes halogenated alkanes) is 1. The van der Waals surface area contributed by atoms with Gasteiger partial charge < -0.3 is 10.1 Å². The van der Waals surface area contributed by atoms with Gasteiger partial charge in [-0.1, -0.05) is 19.4 Å². The first-order valence-electron chi connectivity index (χ1n) is 5.76. The smallest absolute Gasteiger partial charge is 0.224 e. The topological polar surface area (TPSA) is 38.3 Å². The van der Waals surface area contributed by atoms with Crippen molar-refractivity contribution in [2.24, 2.45) is 0 Å². The lowest BCUT2D eigenvalue weighted by molar-refractivity contribution is -0.120. The minimum atomic E-state index is 0.0653. The second kappa shape index (κ2) is 7.33. The molecule has 0 atom stereocenters. The van der Waals surface area contributed by atoms with E-state index in [4.69, 9.17) is 4.74 Å². The Labute approximate surface area is 111 Å². The van der Waals surface area contributed by atoms with Crippen LogP contribution in [0.25, 0.3) is 0 Å². The van der Waals surface area contributed by atoms with Crippen molar-refractivity contribution in [3.8, 4) is 5.75 Å². The molecule has 0 aliphatic carbocycles. The van der Waals surface area contributed by atoms with Crippen molar-refractivity contribution in [1.82, 2.24) is 5.32 Å². The van der Waals surface area contributed by atoms with Crippen LogP contribution in [-0.2, 0) is 11.2 Å². The van der Waals surface area contributed by atoms with Crippen LogP contribution in [0, 0.1) is 0 Å². The number of amides is 1. The van der Waals surface area contributed by atoms with E-state index in [2.05, 4.69) is 28.2 Å². The summed E-state index contributed by atoms with van der Waals surface area (Å²) in [6.07, 6.45) is 2.53. The second-order valence-corrected chi connectivity index (χ2v) is 4.70. The fourth-order valence-electron chi connectivity index (χ4n) is 1.47. The van der Waals surface area contributed by atoms with Gasteiger partial charge in [-0.25, -0.2) is 0 Å². The molecule has 3 nitrogen and oxygen atoms in total. The van der Waals surface area contributed by atoms with Gasteiger partial charge in [0, 0.05) is 6.54 Å². The lowest BCUT2D eigenvalue weighted by Gasteiger charge is -2.07. The SMILES string of the molecule is CCCCNC(=O)Cc1ccc(OC)c(Br)c1. The molecule has 17 heavy (non-hydrogen) atoms. The third-order valence-corrected chi connectivity index (χ3v) is 3.05. The fourth-order valence-corrected chi connectivity index (χ4v) is 2.06. The maximum Gasteiger partial charge on any atom is 0.224 e. The molecule has 0 bridgehead atoms. The molecule has 0 spiro atoms. The number of methoxy groups -OCH3 is 1. The molecule has 1 aromatic carbocycles. The molecule has 0 aromatic heterocycles. The molecular formula is C13H18BrNO2. The molecule has 1 N–H and O–H groups in total. The Morgan fingerprint density at radius 3 is 2.82 bits per heavy atom. The van der Waals surface area contributed by atoms with Crippen molar-refractivity contribution in [1.29, 1.82) is 0 Å². The van der Waals surface area contributed by atoms with E-state index >= 15 is 0 Å². The van der Waals surface area contributed by atoms with E-state index in [1.54, 1.807) is 7.11 Å². The number of carbonyl (C=O) groups is 1. The van der Waals surface area contributed by atoms with Crippen molar-refractivity contribution in [3.63, 3.8) is 0 Å². The number of carbonyl (C=O) groups excluding carboxylic acids is 1. The Morgan fingerprint density at radius 2 is 2.24 bits per heavy atom. The summed E-state index contributed by atoms with van der Waals surface area (Å²) in [4.78, 5) is 11.6. The van der Waals surface area contributed by atoms with E-state index in [1.807, 2.05) is 18.2 Å². The predicted octanol–water partition coefficient (Wildman–Crippen LogP) is 2.92. The number of halogens is 1. The normalized spacial score (nSPS) is 10.1. The molecule has 94 valence electrons. The van der Waals surface area contributed by atoms with Gasteiger partial charge >= 0.3 is 0 Å². The molecule has 1 aromatic rings. The van der Waals surface area contributed by atoms with E-state index in [0.717, 1.165) is 35.2 Å². The van der Waals surface area contributed by atoms with Gasteiger partial charge in [-0.05, 0) is 40.0 Å². The maximum absolute atomic E-state index is 11.6. The first-order chi connectivity index (χ1) is 8.17. The zero-order valence-electron chi connectivity index (χ0n) is 10.3. The average molecular weight is 300 g/mol. The third-order valence-electron chi connectivity index (χ3n) is 2.43. The van der Waals surface area contributed by atoms with Gasteiger partial charge in [0.2, 0.25) is 5.91 Å². The summed E-state index contributed by atoms with van der Waals surface area (Å²) in [5.41, 5.74) is 0.978. The lowest BCUT2D eigenvalue weighted by atomic mass is 10.1.